The van der Waals surface area contributed by atoms with Gasteiger partial charge in [0, 0.05) is 54.5 Å². The summed E-state index contributed by atoms with van der Waals surface area (Å²) in [7, 11) is 0. The maximum Gasteiger partial charge on any atom is 0.278 e. The maximum atomic E-state index is 13.3. The van der Waals surface area contributed by atoms with Gasteiger partial charge in [-0.15, -0.1) is 0 Å². The molecule has 0 radical (unpaired) electrons. The second kappa shape index (κ2) is 9.40. The van der Waals surface area contributed by atoms with Crippen molar-refractivity contribution in [3.05, 3.63) is 91.6 Å². The van der Waals surface area contributed by atoms with Gasteiger partial charge in [0.2, 0.25) is 5.43 Å². The zero-order valence-corrected chi connectivity index (χ0v) is 18.9. The van der Waals surface area contributed by atoms with Crippen molar-refractivity contribution in [2.24, 2.45) is 0 Å². The van der Waals surface area contributed by atoms with Crippen LogP contribution in [-0.4, -0.2) is 51.7 Å². The highest BCUT2D eigenvalue weighted by Crippen LogP contribution is 2.20. The van der Waals surface area contributed by atoms with Gasteiger partial charge in [-0.1, -0.05) is 29.3 Å². The van der Waals surface area contributed by atoms with Crippen molar-refractivity contribution in [1.29, 1.82) is 0 Å². The molecule has 1 amide bonds. The highest BCUT2D eigenvalue weighted by Gasteiger charge is 2.26. The minimum absolute atomic E-state index is 0.111. The number of rotatable bonds is 4. The lowest BCUT2D eigenvalue weighted by molar-refractivity contribution is 0.0619. The number of aryl methyl sites for hydroxylation is 1. The Bertz CT molecular complexity index is 1210. The van der Waals surface area contributed by atoms with Gasteiger partial charge in [0.1, 0.15) is 5.82 Å². The second-order valence-corrected chi connectivity index (χ2v) is 8.53. The monoisotopic (exact) mass is 474 g/mol. The van der Waals surface area contributed by atoms with Crippen LogP contribution in [0.4, 0.5) is 4.39 Å². The van der Waals surface area contributed by atoms with E-state index in [-0.39, 0.29) is 11.5 Å². The van der Waals surface area contributed by atoms with Crippen LogP contribution in [0.15, 0.2) is 53.3 Å². The Morgan fingerprint density at radius 2 is 1.72 bits per heavy atom. The molecule has 1 aliphatic heterocycles. The number of aromatic nitrogens is 2. The average Bonchev–Trinajstić information content (AvgIpc) is 2.77. The van der Waals surface area contributed by atoms with Crippen molar-refractivity contribution in [2.45, 2.75) is 13.5 Å². The van der Waals surface area contributed by atoms with Gasteiger partial charge in [-0.05, 0) is 48.9 Å². The minimum atomic E-state index is -0.404. The molecule has 1 saturated heterocycles. The van der Waals surface area contributed by atoms with Crippen LogP contribution in [0.25, 0.3) is 5.69 Å². The number of carbonyl (C=O) groups is 1. The highest BCUT2D eigenvalue weighted by atomic mass is 35.5. The van der Waals surface area contributed by atoms with Crippen molar-refractivity contribution in [3.63, 3.8) is 0 Å². The van der Waals surface area contributed by atoms with Crippen molar-refractivity contribution >= 4 is 29.1 Å². The van der Waals surface area contributed by atoms with E-state index in [9.17, 15) is 14.0 Å². The molecule has 9 heteroatoms. The van der Waals surface area contributed by atoms with Gasteiger partial charge in [-0.3, -0.25) is 14.5 Å². The number of hydrogen-bond donors (Lipinski definition) is 0. The number of halogens is 3. The molecule has 166 valence electrons. The van der Waals surface area contributed by atoms with Gasteiger partial charge in [0.25, 0.3) is 5.91 Å². The van der Waals surface area contributed by atoms with Crippen LogP contribution >= 0.6 is 23.2 Å². The van der Waals surface area contributed by atoms with Gasteiger partial charge in [0.15, 0.2) is 5.69 Å². The standard InChI is InChI=1S/C23H21Cl2FN4O2/c1-15-12-21(31)22(27-30(15)19-6-3-17(24)4-7-19)23(32)29-10-8-28(9-11-29)14-16-2-5-18(26)13-20(16)25/h2-7,12-13H,8-11,14H2,1H3. The highest BCUT2D eigenvalue weighted by molar-refractivity contribution is 6.31. The van der Waals surface area contributed by atoms with Gasteiger partial charge >= 0.3 is 0 Å². The lowest BCUT2D eigenvalue weighted by Crippen LogP contribution is -2.49. The van der Waals surface area contributed by atoms with Crippen LogP contribution in [0.2, 0.25) is 10.0 Å². The molecule has 0 spiro atoms. The summed E-state index contributed by atoms with van der Waals surface area (Å²) in [4.78, 5) is 29.4. The molecule has 6 nitrogen and oxygen atoms in total. The predicted octanol–water partition coefficient (Wildman–Crippen LogP) is 3.94. The van der Waals surface area contributed by atoms with E-state index in [0.29, 0.717) is 54.2 Å². The summed E-state index contributed by atoms with van der Waals surface area (Å²) in [5.74, 6) is -0.763. The molecule has 0 bridgehead atoms. The molecule has 4 rings (SSSR count). The first-order valence-electron chi connectivity index (χ1n) is 10.1. The molecule has 3 aromatic rings. The fourth-order valence-corrected chi connectivity index (χ4v) is 4.04. The quantitative estimate of drug-likeness (QED) is 0.574. The Balaban J connectivity index is 1.47. The van der Waals surface area contributed by atoms with Gasteiger partial charge in [0.05, 0.1) is 5.69 Å². The first kappa shape index (κ1) is 22.5. The van der Waals surface area contributed by atoms with Crippen LogP contribution in [-0.2, 0) is 6.54 Å². The fraction of sp³-hybridized carbons (Fsp3) is 0.261. The topological polar surface area (TPSA) is 58.4 Å². The molecular weight excluding hydrogens is 454 g/mol. The van der Waals surface area contributed by atoms with E-state index in [0.717, 1.165) is 5.56 Å². The molecule has 0 unspecified atom stereocenters. The van der Waals surface area contributed by atoms with Crippen LogP contribution in [0.5, 0.6) is 0 Å². The van der Waals surface area contributed by atoms with Crippen molar-refractivity contribution in [2.75, 3.05) is 26.2 Å². The van der Waals surface area contributed by atoms with Crippen molar-refractivity contribution < 1.29 is 9.18 Å². The number of nitrogens with zero attached hydrogens (tertiary/aromatic N) is 4. The molecule has 1 fully saturated rings. The first-order valence-corrected chi connectivity index (χ1v) is 10.9. The number of benzene rings is 2. The lowest BCUT2D eigenvalue weighted by atomic mass is 10.2. The third kappa shape index (κ3) is 4.85. The Kier molecular flexibility index (Phi) is 6.60. The molecule has 2 aromatic carbocycles. The van der Waals surface area contributed by atoms with Crippen LogP contribution < -0.4 is 5.43 Å². The lowest BCUT2D eigenvalue weighted by Gasteiger charge is -2.34. The number of piperazine rings is 1. The van der Waals surface area contributed by atoms with Gasteiger partial charge in [-0.25, -0.2) is 9.07 Å². The van der Waals surface area contributed by atoms with E-state index in [1.165, 1.54) is 18.2 Å². The van der Waals surface area contributed by atoms with E-state index in [2.05, 4.69) is 10.00 Å². The Morgan fingerprint density at radius 1 is 1.03 bits per heavy atom. The molecule has 0 aliphatic carbocycles. The van der Waals surface area contributed by atoms with E-state index in [1.807, 2.05) is 0 Å². The van der Waals surface area contributed by atoms with Crippen LogP contribution in [0.3, 0.4) is 0 Å². The summed E-state index contributed by atoms with van der Waals surface area (Å²) >= 11 is 12.1. The molecule has 32 heavy (non-hydrogen) atoms. The number of carbonyl (C=O) groups excluding carboxylic acids is 1. The molecule has 0 saturated carbocycles. The summed E-state index contributed by atoms with van der Waals surface area (Å²) in [5, 5.41) is 5.33. The molecule has 0 N–H and O–H groups in total. The summed E-state index contributed by atoms with van der Waals surface area (Å²) in [6.07, 6.45) is 0. The van der Waals surface area contributed by atoms with Crippen molar-refractivity contribution in [3.8, 4) is 5.69 Å². The molecule has 1 aromatic heterocycles. The second-order valence-electron chi connectivity index (χ2n) is 7.69. The van der Waals surface area contributed by atoms with Gasteiger partial charge < -0.3 is 4.90 Å². The molecule has 2 heterocycles. The summed E-state index contributed by atoms with van der Waals surface area (Å²) in [6.45, 7) is 4.44. The van der Waals surface area contributed by atoms with E-state index < -0.39 is 11.3 Å². The SMILES string of the molecule is Cc1cc(=O)c(C(=O)N2CCN(Cc3ccc(F)cc3Cl)CC2)nn1-c1ccc(Cl)cc1. The zero-order valence-electron chi connectivity index (χ0n) is 17.4. The van der Waals surface area contributed by atoms with Crippen LogP contribution in [0, 0.1) is 12.7 Å². The smallest absolute Gasteiger partial charge is 0.278 e. The minimum Gasteiger partial charge on any atom is -0.335 e. The van der Waals surface area contributed by atoms with Crippen molar-refractivity contribution in [1.82, 2.24) is 19.6 Å². The molecular formula is C23H21Cl2FN4O2. The largest absolute Gasteiger partial charge is 0.335 e. The third-order valence-corrected chi connectivity index (χ3v) is 6.05. The summed E-state index contributed by atoms with van der Waals surface area (Å²) in [6, 6.07) is 12.8. The normalized spacial score (nSPS) is 14.6. The van der Waals surface area contributed by atoms with E-state index in [4.69, 9.17) is 23.2 Å². The summed E-state index contributed by atoms with van der Waals surface area (Å²) in [5.41, 5.74) is 1.65. The Morgan fingerprint density at radius 3 is 2.38 bits per heavy atom. The average molecular weight is 475 g/mol. The molecule has 1 aliphatic rings. The summed E-state index contributed by atoms with van der Waals surface area (Å²) < 4.78 is 14.8. The molecule has 0 atom stereocenters. The van der Waals surface area contributed by atoms with E-state index >= 15 is 0 Å². The van der Waals surface area contributed by atoms with E-state index in [1.54, 1.807) is 46.8 Å². The fourth-order valence-electron chi connectivity index (χ4n) is 3.69. The van der Waals surface area contributed by atoms with Crippen LogP contribution in [0.1, 0.15) is 21.7 Å². The first-order chi connectivity index (χ1) is 15.3. The maximum absolute atomic E-state index is 13.3. The zero-order chi connectivity index (χ0) is 22.8. The Hall–Kier alpha value is -2.74. The third-order valence-electron chi connectivity index (χ3n) is 5.45. The van der Waals surface area contributed by atoms with Gasteiger partial charge in [-0.2, -0.15) is 5.10 Å². The number of hydrogen-bond acceptors (Lipinski definition) is 4. The predicted molar refractivity (Wildman–Crippen MR) is 122 cm³/mol. The number of amides is 1. The Labute approximate surface area is 194 Å².